The molecule has 0 amide bonds. The Labute approximate surface area is 99.2 Å². The van der Waals surface area contributed by atoms with Gasteiger partial charge in [-0.15, -0.1) is 19.4 Å². The quantitative estimate of drug-likeness (QED) is 0.415. The van der Waals surface area contributed by atoms with E-state index in [-0.39, 0.29) is 0 Å². The lowest BCUT2D eigenvalue weighted by molar-refractivity contribution is 0.550. The zero-order valence-corrected chi connectivity index (χ0v) is 11.8. The SMILES string of the molecule is C#C.C=CCC.CC.CCCCC(C)C. The van der Waals surface area contributed by atoms with Crippen LogP contribution < -0.4 is 0 Å². The maximum Gasteiger partial charge on any atom is -0.0382 e. The molecule has 0 saturated heterocycles. The number of hydrogen-bond donors (Lipinski definition) is 0. The van der Waals surface area contributed by atoms with E-state index >= 15 is 0 Å². The van der Waals surface area contributed by atoms with Crippen LogP contribution in [0.2, 0.25) is 0 Å². The van der Waals surface area contributed by atoms with E-state index in [4.69, 9.17) is 0 Å². The van der Waals surface area contributed by atoms with Gasteiger partial charge in [0.2, 0.25) is 0 Å². The van der Waals surface area contributed by atoms with Crippen LogP contribution in [-0.4, -0.2) is 0 Å². The Morgan fingerprint density at radius 3 is 1.53 bits per heavy atom. The van der Waals surface area contributed by atoms with Crippen LogP contribution in [0, 0.1) is 18.8 Å². The van der Waals surface area contributed by atoms with Crippen LogP contribution in [0.3, 0.4) is 0 Å². The van der Waals surface area contributed by atoms with Crippen LogP contribution in [-0.2, 0) is 0 Å². The van der Waals surface area contributed by atoms with E-state index in [1.807, 2.05) is 19.9 Å². The molecule has 0 spiro atoms. The second kappa shape index (κ2) is 37.8. The fourth-order valence-electron chi connectivity index (χ4n) is 0.612. The van der Waals surface area contributed by atoms with Crippen molar-refractivity contribution >= 4 is 0 Å². The number of hydrogen-bond acceptors (Lipinski definition) is 0. The number of allylic oxidation sites excluding steroid dienone is 1. The third-order valence-electron chi connectivity index (χ3n) is 1.42. The molecule has 0 rings (SSSR count). The molecule has 0 saturated carbocycles. The Bertz CT molecular complexity index is 87.5. The van der Waals surface area contributed by atoms with Gasteiger partial charge in [-0.25, -0.2) is 0 Å². The molecule has 0 aliphatic heterocycles. The van der Waals surface area contributed by atoms with Crippen molar-refractivity contribution in [2.75, 3.05) is 0 Å². The van der Waals surface area contributed by atoms with Gasteiger partial charge in [0.25, 0.3) is 0 Å². The molecule has 0 heterocycles. The Kier molecular flexibility index (Phi) is 60.0. The molecule has 0 bridgehead atoms. The summed E-state index contributed by atoms with van der Waals surface area (Å²) in [6, 6.07) is 0. The minimum Gasteiger partial charge on any atom is -0.124 e. The summed E-state index contributed by atoms with van der Waals surface area (Å²) in [5.74, 6) is 0.903. The highest BCUT2D eigenvalue weighted by atomic mass is 13.9. The van der Waals surface area contributed by atoms with E-state index in [1.54, 1.807) is 0 Å². The monoisotopic (exact) mass is 212 g/mol. The minimum absolute atomic E-state index is 0.903. The predicted molar refractivity (Wildman–Crippen MR) is 76.1 cm³/mol. The summed E-state index contributed by atoms with van der Waals surface area (Å²) in [7, 11) is 0. The Hall–Kier alpha value is -0.700. The maximum atomic E-state index is 4.00. The lowest BCUT2D eigenvalue weighted by atomic mass is 10.1. The summed E-state index contributed by atoms with van der Waals surface area (Å²) in [5, 5.41) is 0. The van der Waals surface area contributed by atoms with Gasteiger partial charge in [-0.05, 0) is 12.3 Å². The van der Waals surface area contributed by atoms with Gasteiger partial charge in [-0.1, -0.05) is 66.9 Å². The highest BCUT2D eigenvalue weighted by Crippen LogP contribution is 2.04. The average molecular weight is 212 g/mol. The lowest BCUT2D eigenvalue weighted by Crippen LogP contribution is -1.83. The van der Waals surface area contributed by atoms with Gasteiger partial charge in [-0.3, -0.25) is 0 Å². The summed E-state index contributed by atoms with van der Waals surface area (Å²) >= 11 is 0. The van der Waals surface area contributed by atoms with Crippen molar-refractivity contribution in [3.63, 3.8) is 0 Å². The van der Waals surface area contributed by atoms with Gasteiger partial charge in [0.05, 0.1) is 0 Å². The molecule has 0 aromatic carbocycles. The number of terminal acetylenes is 1. The summed E-state index contributed by atoms with van der Waals surface area (Å²) in [5.41, 5.74) is 0. The van der Waals surface area contributed by atoms with Crippen molar-refractivity contribution in [3.05, 3.63) is 12.7 Å². The van der Waals surface area contributed by atoms with Crippen LogP contribution in [0.4, 0.5) is 0 Å². The average Bonchev–Trinajstić information content (AvgIpc) is 2.32. The van der Waals surface area contributed by atoms with Crippen LogP contribution in [0.5, 0.6) is 0 Å². The van der Waals surface area contributed by atoms with Crippen LogP contribution >= 0.6 is 0 Å². The highest BCUT2D eigenvalue weighted by Gasteiger charge is 1.88. The van der Waals surface area contributed by atoms with Crippen LogP contribution in [0.1, 0.15) is 67.2 Å². The van der Waals surface area contributed by atoms with Crippen molar-refractivity contribution in [2.45, 2.75) is 67.2 Å². The first-order chi connectivity index (χ1) is 7.18. The zero-order valence-electron chi connectivity index (χ0n) is 11.8. The summed E-state index contributed by atoms with van der Waals surface area (Å²) in [6.45, 7) is 16.3. The standard InChI is InChI=1S/C7H16.C4H8.C2H6.C2H2/c1-4-5-6-7(2)3;1-3-4-2;2*1-2/h7H,4-6H2,1-3H3;3H,1,4H2,2H3;1-2H3;1-2H. The highest BCUT2D eigenvalue weighted by molar-refractivity contribution is 4.60. The minimum atomic E-state index is 0.903. The molecule has 0 N–H and O–H groups in total. The fourth-order valence-corrected chi connectivity index (χ4v) is 0.612. The van der Waals surface area contributed by atoms with Gasteiger partial charge < -0.3 is 0 Å². The molecule has 0 atom stereocenters. The third kappa shape index (κ3) is 91.8. The largest absolute Gasteiger partial charge is 0.124 e. The molecule has 15 heavy (non-hydrogen) atoms. The molecule has 0 nitrogen and oxygen atoms in total. The second-order valence-electron chi connectivity index (χ2n) is 3.23. The van der Waals surface area contributed by atoms with Gasteiger partial charge >= 0.3 is 0 Å². The van der Waals surface area contributed by atoms with E-state index in [2.05, 4.69) is 47.1 Å². The molecular weight excluding hydrogens is 180 g/mol. The molecule has 0 aromatic heterocycles. The van der Waals surface area contributed by atoms with Gasteiger partial charge in [-0.2, -0.15) is 0 Å². The van der Waals surface area contributed by atoms with Gasteiger partial charge in [0.15, 0.2) is 0 Å². The third-order valence-corrected chi connectivity index (χ3v) is 1.42. The van der Waals surface area contributed by atoms with Crippen molar-refractivity contribution < 1.29 is 0 Å². The Morgan fingerprint density at radius 2 is 1.47 bits per heavy atom. The summed E-state index contributed by atoms with van der Waals surface area (Å²) in [6.07, 6.45) is 15.1. The topological polar surface area (TPSA) is 0 Å². The molecular formula is C15H32. The Balaban J connectivity index is -0.0000000647. The van der Waals surface area contributed by atoms with Crippen molar-refractivity contribution in [3.8, 4) is 12.8 Å². The fraction of sp³-hybridized carbons (Fsp3) is 0.733. The van der Waals surface area contributed by atoms with E-state index in [1.165, 1.54) is 19.3 Å². The molecule has 0 aliphatic carbocycles. The number of unbranched alkanes of at least 4 members (excludes halogenated alkanes) is 1. The first-order valence-electron chi connectivity index (χ1n) is 6.13. The molecule has 0 fully saturated rings. The van der Waals surface area contributed by atoms with Gasteiger partial charge in [0.1, 0.15) is 0 Å². The molecule has 0 radical (unpaired) electrons. The summed E-state index contributed by atoms with van der Waals surface area (Å²) < 4.78 is 0. The maximum absolute atomic E-state index is 4.00. The molecule has 92 valence electrons. The van der Waals surface area contributed by atoms with Crippen molar-refractivity contribution in [1.29, 1.82) is 0 Å². The molecule has 0 aromatic rings. The normalized spacial score (nSPS) is 7.00. The molecule has 0 heteroatoms. The lowest BCUT2D eigenvalue weighted by Gasteiger charge is -1.98. The van der Waals surface area contributed by atoms with Crippen LogP contribution in [0.15, 0.2) is 12.7 Å². The molecule has 0 unspecified atom stereocenters. The zero-order chi connectivity index (χ0) is 13.1. The van der Waals surface area contributed by atoms with E-state index in [9.17, 15) is 0 Å². The number of rotatable bonds is 4. The van der Waals surface area contributed by atoms with Crippen molar-refractivity contribution in [2.24, 2.45) is 5.92 Å². The first-order valence-corrected chi connectivity index (χ1v) is 6.13. The Morgan fingerprint density at radius 1 is 1.13 bits per heavy atom. The first kappa shape index (κ1) is 23.8. The van der Waals surface area contributed by atoms with E-state index in [0.717, 1.165) is 12.3 Å². The summed E-state index contributed by atoms with van der Waals surface area (Å²) in [4.78, 5) is 0. The van der Waals surface area contributed by atoms with Crippen molar-refractivity contribution in [1.82, 2.24) is 0 Å². The molecule has 0 aliphatic rings. The van der Waals surface area contributed by atoms with Gasteiger partial charge in [0, 0.05) is 0 Å². The predicted octanol–water partition coefficient (Wildman–Crippen LogP) is 5.69. The van der Waals surface area contributed by atoms with E-state index in [0.29, 0.717) is 0 Å². The van der Waals surface area contributed by atoms with E-state index < -0.39 is 0 Å². The van der Waals surface area contributed by atoms with Crippen LogP contribution in [0.25, 0.3) is 0 Å². The smallest absolute Gasteiger partial charge is 0.0382 e. The second-order valence-corrected chi connectivity index (χ2v) is 3.23.